The summed E-state index contributed by atoms with van der Waals surface area (Å²) in [5.41, 5.74) is 4.10. The van der Waals surface area contributed by atoms with Gasteiger partial charge < -0.3 is 9.73 Å². The molecule has 1 aliphatic rings. The van der Waals surface area contributed by atoms with E-state index in [9.17, 15) is 4.79 Å². The van der Waals surface area contributed by atoms with Crippen LogP contribution in [0, 0.1) is 13.8 Å². The van der Waals surface area contributed by atoms with Gasteiger partial charge in [-0.1, -0.05) is 47.5 Å². The summed E-state index contributed by atoms with van der Waals surface area (Å²) in [7, 11) is 0. The highest BCUT2D eigenvalue weighted by molar-refractivity contribution is 8.00. The molecule has 0 saturated heterocycles. The Balaban J connectivity index is 1.58. The highest BCUT2D eigenvalue weighted by atomic mass is 32.2. The van der Waals surface area contributed by atoms with E-state index in [0.29, 0.717) is 17.2 Å². The van der Waals surface area contributed by atoms with E-state index in [4.69, 9.17) is 4.42 Å². The van der Waals surface area contributed by atoms with Crippen molar-refractivity contribution in [2.45, 2.75) is 43.2 Å². The number of carbonyl (C=O) groups excluding carboxylic acids is 1. The average molecular weight is 379 g/mol. The van der Waals surface area contributed by atoms with E-state index in [0.717, 1.165) is 35.1 Å². The first-order valence-electron chi connectivity index (χ1n) is 9.02. The van der Waals surface area contributed by atoms with E-state index in [1.54, 1.807) is 0 Å². The van der Waals surface area contributed by atoms with Gasteiger partial charge in [-0.3, -0.25) is 4.79 Å². The summed E-state index contributed by atoms with van der Waals surface area (Å²) < 4.78 is 5.86. The topological polar surface area (TPSA) is 68.0 Å². The number of rotatable bonds is 6. The molecule has 1 saturated carbocycles. The van der Waals surface area contributed by atoms with Crippen LogP contribution in [0.25, 0.3) is 11.5 Å². The molecule has 0 radical (unpaired) electrons. The monoisotopic (exact) mass is 379 g/mol. The van der Waals surface area contributed by atoms with E-state index in [1.807, 2.05) is 56.3 Å². The van der Waals surface area contributed by atoms with Gasteiger partial charge in [-0.2, -0.15) is 0 Å². The molecule has 0 spiro atoms. The molecule has 1 unspecified atom stereocenters. The van der Waals surface area contributed by atoms with Gasteiger partial charge in [0.05, 0.1) is 0 Å². The minimum Gasteiger partial charge on any atom is -0.411 e. The molecule has 1 amide bonds. The smallest absolute Gasteiger partial charge is 0.277 e. The van der Waals surface area contributed by atoms with Crippen LogP contribution in [-0.2, 0) is 4.79 Å². The summed E-state index contributed by atoms with van der Waals surface area (Å²) in [6.45, 7) is 4.08. The molecule has 4 rings (SSSR count). The van der Waals surface area contributed by atoms with Gasteiger partial charge in [0.15, 0.2) is 0 Å². The van der Waals surface area contributed by atoms with Gasteiger partial charge in [0.1, 0.15) is 5.25 Å². The zero-order valence-corrected chi connectivity index (χ0v) is 16.1. The Bertz CT molecular complexity index is 931. The second kappa shape index (κ2) is 7.56. The molecule has 1 atom stereocenters. The number of hydrogen-bond acceptors (Lipinski definition) is 5. The van der Waals surface area contributed by atoms with Crippen molar-refractivity contribution in [3.8, 4) is 11.5 Å². The van der Waals surface area contributed by atoms with Gasteiger partial charge in [0, 0.05) is 11.6 Å². The zero-order chi connectivity index (χ0) is 18.8. The van der Waals surface area contributed by atoms with Crippen LogP contribution < -0.4 is 5.32 Å². The lowest BCUT2D eigenvalue weighted by molar-refractivity contribution is -0.120. The average Bonchev–Trinajstić information content (AvgIpc) is 3.33. The summed E-state index contributed by atoms with van der Waals surface area (Å²) in [6, 6.07) is 16.1. The van der Waals surface area contributed by atoms with Crippen LogP contribution in [0.1, 0.15) is 34.8 Å². The van der Waals surface area contributed by atoms with Crippen molar-refractivity contribution < 1.29 is 9.21 Å². The number of aryl methyl sites for hydroxylation is 2. The van der Waals surface area contributed by atoms with Crippen LogP contribution in [0.15, 0.2) is 58.2 Å². The standard InChI is InChI=1S/C21H21N3O2S/c1-13-10-14(2)12-16(11-13)20-23-24-21(26-20)27-18(15-6-4-3-5-7-15)19(25)22-17-8-9-17/h3-7,10-12,17-18H,8-9H2,1-2H3,(H,22,25). The minimum atomic E-state index is -0.417. The van der Waals surface area contributed by atoms with E-state index in [2.05, 4.69) is 21.6 Å². The maximum absolute atomic E-state index is 12.7. The molecule has 6 heteroatoms. The molecule has 27 heavy (non-hydrogen) atoms. The molecule has 1 N–H and O–H groups in total. The number of benzene rings is 2. The largest absolute Gasteiger partial charge is 0.411 e. The quantitative estimate of drug-likeness (QED) is 0.640. The molecular weight excluding hydrogens is 358 g/mol. The predicted molar refractivity (Wildman–Crippen MR) is 105 cm³/mol. The van der Waals surface area contributed by atoms with Crippen LogP contribution in [0.5, 0.6) is 0 Å². The van der Waals surface area contributed by atoms with Gasteiger partial charge in [0.2, 0.25) is 11.8 Å². The Morgan fingerprint density at radius 3 is 2.48 bits per heavy atom. The highest BCUT2D eigenvalue weighted by Gasteiger charge is 2.30. The van der Waals surface area contributed by atoms with Crippen molar-refractivity contribution in [1.29, 1.82) is 0 Å². The van der Waals surface area contributed by atoms with Crippen LogP contribution >= 0.6 is 11.8 Å². The van der Waals surface area contributed by atoms with Gasteiger partial charge in [-0.05, 0) is 56.1 Å². The Kier molecular flexibility index (Phi) is 4.99. The summed E-state index contributed by atoms with van der Waals surface area (Å²) >= 11 is 1.29. The molecule has 5 nitrogen and oxygen atoms in total. The van der Waals surface area contributed by atoms with Crippen molar-refractivity contribution >= 4 is 17.7 Å². The SMILES string of the molecule is Cc1cc(C)cc(-c2nnc(SC(C(=O)NC3CC3)c3ccccc3)o2)c1. The fourth-order valence-corrected chi connectivity index (χ4v) is 3.86. The van der Waals surface area contributed by atoms with Crippen molar-refractivity contribution in [2.24, 2.45) is 0 Å². The van der Waals surface area contributed by atoms with E-state index in [1.165, 1.54) is 11.8 Å². The minimum absolute atomic E-state index is 0.0140. The van der Waals surface area contributed by atoms with Crippen LogP contribution in [0.4, 0.5) is 0 Å². The number of nitrogens with zero attached hydrogens (tertiary/aromatic N) is 2. The lowest BCUT2D eigenvalue weighted by Gasteiger charge is -2.14. The molecule has 3 aromatic rings. The number of aromatic nitrogens is 2. The molecule has 1 aromatic heterocycles. The maximum atomic E-state index is 12.7. The van der Waals surface area contributed by atoms with Crippen LogP contribution in [0.3, 0.4) is 0 Å². The number of nitrogens with one attached hydrogen (secondary N) is 1. The van der Waals surface area contributed by atoms with Crippen molar-refractivity contribution in [1.82, 2.24) is 15.5 Å². The van der Waals surface area contributed by atoms with Crippen LogP contribution in [-0.4, -0.2) is 22.1 Å². The Hall–Kier alpha value is -2.60. The first kappa shape index (κ1) is 17.8. The normalized spacial score (nSPS) is 14.7. The lowest BCUT2D eigenvalue weighted by Crippen LogP contribution is -2.29. The molecule has 1 fully saturated rings. The second-order valence-electron chi connectivity index (χ2n) is 6.94. The first-order chi connectivity index (χ1) is 13.1. The third-order valence-electron chi connectivity index (χ3n) is 4.36. The maximum Gasteiger partial charge on any atom is 0.277 e. The van der Waals surface area contributed by atoms with Gasteiger partial charge in [-0.15, -0.1) is 10.2 Å². The van der Waals surface area contributed by atoms with Crippen molar-refractivity contribution in [3.63, 3.8) is 0 Å². The third-order valence-corrected chi connectivity index (χ3v) is 5.45. The second-order valence-corrected chi connectivity index (χ2v) is 8.00. The molecule has 138 valence electrons. The van der Waals surface area contributed by atoms with E-state index >= 15 is 0 Å². The number of carbonyl (C=O) groups is 1. The zero-order valence-electron chi connectivity index (χ0n) is 15.3. The van der Waals surface area contributed by atoms with Gasteiger partial charge in [0.25, 0.3) is 5.22 Å². The summed E-state index contributed by atoms with van der Waals surface area (Å²) in [5, 5.41) is 11.4. The number of hydrogen-bond donors (Lipinski definition) is 1. The summed E-state index contributed by atoms with van der Waals surface area (Å²) in [5.74, 6) is 0.457. The molecule has 1 aliphatic carbocycles. The first-order valence-corrected chi connectivity index (χ1v) is 9.90. The summed E-state index contributed by atoms with van der Waals surface area (Å²) in [4.78, 5) is 12.7. The highest BCUT2D eigenvalue weighted by Crippen LogP contribution is 2.36. The van der Waals surface area contributed by atoms with E-state index in [-0.39, 0.29) is 5.91 Å². The Morgan fingerprint density at radius 1 is 1.11 bits per heavy atom. The number of amides is 1. The summed E-state index contributed by atoms with van der Waals surface area (Å²) in [6.07, 6.45) is 2.10. The lowest BCUT2D eigenvalue weighted by atomic mass is 10.1. The molecular formula is C21H21N3O2S. The third kappa shape index (κ3) is 4.39. The Morgan fingerprint density at radius 2 is 1.81 bits per heavy atom. The van der Waals surface area contributed by atoms with Gasteiger partial charge in [-0.25, -0.2) is 0 Å². The predicted octanol–water partition coefficient (Wildman–Crippen LogP) is 4.47. The Labute approximate surface area is 162 Å². The molecule has 0 aliphatic heterocycles. The van der Waals surface area contributed by atoms with Crippen molar-refractivity contribution in [3.05, 3.63) is 65.2 Å². The van der Waals surface area contributed by atoms with Crippen molar-refractivity contribution in [2.75, 3.05) is 0 Å². The molecule has 0 bridgehead atoms. The fraction of sp³-hybridized carbons (Fsp3) is 0.286. The molecule has 1 heterocycles. The van der Waals surface area contributed by atoms with Gasteiger partial charge >= 0.3 is 0 Å². The molecule has 2 aromatic carbocycles. The van der Waals surface area contributed by atoms with Crippen LogP contribution in [0.2, 0.25) is 0 Å². The fourth-order valence-electron chi connectivity index (χ4n) is 2.98. The van der Waals surface area contributed by atoms with E-state index < -0.39 is 5.25 Å². The number of thioether (sulfide) groups is 1.